The molecule has 5 nitrogen and oxygen atoms in total. The third kappa shape index (κ3) is 5.98. The Morgan fingerprint density at radius 1 is 0.882 bits per heavy atom. The van der Waals surface area contributed by atoms with Crippen LogP contribution in [0.4, 0.5) is 5.82 Å². The van der Waals surface area contributed by atoms with Gasteiger partial charge in [0, 0.05) is 32.4 Å². The molecule has 0 radical (unpaired) electrons. The second-order valence-corrected chi connectivity index (χ2v) is 9.31. The number of hydrogen-bond donors (Lipinski definition) is 1. The van der Waals surface area contributed by atoms with Crippen LogP contribution in [0.3, 0.4) is 0 Å². The summed E-state index contributed by atoms with van der Waals surface area (Å²) in [5, 5.41) is 9.33. The van der Waals surface area contributed by atoms with Crippen LogP contribution in [0.25, 0.3) is 0 Å². The van der Waals surface area contributed by atoms with Crippen LogP contribution in [-0.2, 0) is 13.2 Å². The molecule has 4 aromatic rings. The Balaban J connectivity index is 1.44. The maximum absolute atomic E-state index is 12.8. The number of anilines is 1. The van der Waals surface area contributed by atoms with Crippen molar-refractivity contribution < 1.29 is 9.53 Å². The van der Waals surface area contributed by atoms with E-state index in [2.05, 4.69) is 10.4 Å². The maximum atomic E-state index is 12.8. The highest BCUT2D eigenvalue weighted by Gasteiger charge is 2.15. The molecule has 4 rings (SSSR count). The molecule has 174 valence electrons. The number of carbonyl (C=O) groups is 1. The summed E-state index contributed by atoms with van der Waals surface area (Å²) in [6.07, 6.45) is 1.59. The number of ether oxygens (including phenoxy) is 1. The lowest BCUT2D eigenvalue weighted by Gasteiger charge is -2.10. The molecule has 0 aliphatic rings. The van der Waals surface area contributed by atoms with E-state index in [0.717, 1.165) is 5.56 Å². The first-order valence-electron chi connectivity index (χ1n) is 9.94. The van der Waals surface area contributed by atoms with E-state index in [1.165, 1.54) is 0 Å². The Morgan fingerprint density at radius 2 is 1.62 bits per heavy atom. The highest BCUT2D eigenvalue weighted by Crippen LogP contribution is 2.29. The van der Waals surface area contributed by atoms with Gasteiger partial charge in [0.15, 0.2) is 5.82 Å². The average molecular weight is 556 g/mol. The van der Waals surface area contributed by atoms with Gasteiger partial charge in [0.05, 0.1) is 11.6 Å². The van der Waals surface area contributed by atoms with Crippen molar-refractivity contribution in [2.24, 2.45) is 0 Å². The second-order valence-electron chi connectivity index (χ2n) is 7.24. The van der Waals surface area contributed by atoms with Gasteiger partial charge in [0.25, 0.3) is 5.91 Å². The summed E-state index contributed by atoms with van der Waals surface area (Å²) in [6, 6.07) is 17.2. The molecule has 0 saturated carbocycles. The van der Waals surface area contributed by atoms with E-state index in [1.807, 2.05) is 6.07 Å². The number of benzene rings is 3. The summed E-state index contributed by atoms with van der Waals surface area (Å²) in [5.74, 6) is 0.357. The zero-order valence-corrected chi connectivity index (χ0v) is 21.1. The molecule has 1 aromatic heterocycles. The topological polar surface area (TPSA) is 56.2 Å². The van der Waals surface area contributed by atoms with Crippen LogP contribution >= 0.6 is 58.0 Å². The Bertz CT molecular complexity index is 1340. The van der Waals surface area contributed by atoms with Crippen LogP contribution in [0.5, 0.6) is 5.75 Å². The van der Waals surface area contributed by atoms with Gasteiger partial charge < -0.3 is 10.1 Å². The van der Waals surface area contributed by atoms with Crippen LogP contribution in [0.1, 0.15) is 21.5 Å². The van der Waals surface area contributed by atoms with Crippen LogP contribution in [0.2, 0.25) is 25.1 Å². The third-order valence-electron chi connectivity index (χ3n) is 4.81. The lowest BCUT2D eigenvalue weighted by atomic mass is 10.1. The van der Waals surface area contributed by atoms with Crippen molar-refractivity contribution in [1.29, 1.82) is 0 Å². The third-order valence-corrected chi connectivity index (χ3v) is 6.32. The fourth-order valence-corrected chi connectivity index (χ4v) is 4.32. The van der Waals surface area contributed by atoms with Crippen molar-refractivity contribution in [2.45, 2.75) is 13.2 Å². The fraction of sp³-hybridized carbons (Fsp3) is 0.0833. The van der Waals surface area contributed by atoms with E-state index in [4.69, 9.17) is 62.7 Å². The number of nitrogens with one attached hydrogen (secondary N) is 1. The van der Waals surface area contributed by atoms with Crippen molar-refractivity contribution in [3.63, 3.8) is 0 Å². The minimum absolute atomic E-state index is 0.219. The van der Waals surface area contributed by atoms with E-state index in [9.17, 15) is 4.79 Å². The van der Waals surface area contributed by atoms with Gasteiger partial charge in [-0.15, -0.1) is 0 Å². The Labute approximate surface area is 221 Å². The predicted octanol–water partition coefficient (Wildman–Crippen LogP) is 8.03. The van der Waals surface area contributed by atoms with Gasteiger partial charge in [-0.25, -0.2) is 0 Å². The number of aromatic nitrogens is 2. The molecule has 1 N–H and O–H groups in total. The Kier molecular flexibility index (Phi) is 7.91. The molecule has 1 amide bonds. The number of hydrogen-bond acceptors (Lipinski definition) is 3. The van der Waals surface area contributed by atoms with Gasteiger partial charge in [0.1, 0.15) is 17.4 Å². The molecule has 0 bridgehead atoms. The van der Waals surface area contributed by atoms with Gasteiger partial charge in [-0.1, -0.05) is 76.2 Å². The highest BCUT2D eigenvalue weighted by molar-refractivity contribution is 6.36. The van der Waals surface area contributed by atoms with E-state index in [0.29, 0.717) is 43.5 Å². The zero-order valence-electron chi connectivity index (χ0n) is 17.4. The standard InChI is InChI=1S/C24H16Cl5N3O2/c25-16-7-8-22(20(28)10-16)34-13-14-3-1-4-15(9-14)24(33)30-23-21(29)12-32(31-23)11-17-18(26)5-2-6-19(17)27/h1-10,12H,11,13H2,(H,30,31,33). The summed E-state index contributed by atoms with van der Waals surface area (Å²) < 4.78 is 7.31. The van der Waals surface area contributed by atoms with Crippen molar-refractivity contribution >= 4 is 69.7 Å². The molecule has 0 spiro atoms. The smallest absolute Gasteiger partial charge is 0.256 e. The van der Waals surface area contributed by atoms with Crippen LogP contribution < -0.4 is 10.1 Å². The number of halogens is 5. The molecule has 0 fully saturated rings. The summed E-state index contributed by atoms with van der Waals surface area (Å²) in [5.41, 5.74) is 1.91. The molecular formula is C24H16Cl5N3O2. The quantitative estimate of drug-likeness (QED) is 0.251. The number of amides is 1. The molecule has 10 heteroatoms. The van der Waals surface area contributed by atoms with Gasteiger partial charge in [0.2, 0.25) is 0 Å². The van der Waals surface area contributed by atoms with Crippen molar-refractivity contribution in [2.75, 3.05) is 5.32 Å². The summed E-state index contributed by atoms with van der Waals surface area (Å²) in [7, 11) is 0. The largest absolute Gasteiger partial charge is 0.487 e. The number of rotatable bonds is 7. The fourth-order valence-electron chi connectivity index (χ4n) is 3.14. The zero-order chi connectivity index (χ0) is 24.2. The number of nitrogens with zero attached hydrogens (tertiary/aromatic N) is 2. The highest BCUT2D eigenvalue weighted by atomic mass is 35.5. The Morgan fingerprint density at radius 3 is 2.35 bits per heavy atom. The first-order valence-corrected chi connectivity index (χ1v) is 11.8. The predicted molar refractivity (Wildman–Crippen MR) is 138 cm³/mol. The monoisotopic (exact) mass is 553 g/mol. The van der Waals surface area contributed by atoms with Gasteiger partial charge in [-0.2, -0.15) is 5.10 Å². The Hall–Kier alpha value is -2.41. The van der Waals surface area contributed by atoms with Gasteiger partial charge in [-0.05, 0) is 48.0 Å². The van der Waals surface area contributed by atoms with E-state index < -0.39 is 0 Å². The molecule has 0 aliphatic carbocycles. The van der Waals surface area contributed by atoms with Crippen molar-refractivity contribution in [3.8, 4) is 5.75 Å². The lowest BCUT2D eigenvalue weighted by molar-refractivity contribution is 0.102. The molecule has 1 heterocycles. The molecule has 3 aromatic carbocycles. The normalized spacial score (nSPS) is 10.9. The molecule has 0 aliphatic heterocycles. The molecule has 34 heavy (non-hydrogen) atoms. The van der Waals surface area contributed by atoms with Gasteiger partial charge >= 0.3 is 0 Å². The SMILES string of the molecule is O=C(Nc1nn(Cc2c(Cl)cccc2Cl)cc1Cl)c1cccc(COc2ccc(Cl)cc2Cl)c1. The number of carbonyl (C=O) groups excluding carboxylic acids is 1. The van der Waals surface area contributed by atoms with Crippen LogP contribution in [0.15, 0.2) is 66.9 Å². The first-order chi connectivity index (χ1) is 16.3. The van der Waals surface area contributed by atoms with E-state index in [-0.39, 0.29) is 23.4 Å². The van der Waals surface area contributed by atoms with Crippen LogP contribution in [-0.4, -0.2) is 15.7 Å². The molecule has 0 atom stereocenters. The van der Waals surface area contributed by atoms with Crippen LogP contribution in [0, 0.1) is 0 Å². The molecule has 0 saturated heterocycles. The first kappa shape index (κ1) is 24.7. The summed E-state index contributed by atoms with van der Waals surface area (Å²) >= 11 is 30.8. The second kappa shape index (κ2) is 10.9. The minimum Gasteiger partial charge on any atom is -0.487 e. The average Bonchev–Trinajstić information content (AvgIpc) is 3.14. The summed E-state index contributed by atoms with van der Waals surface area (Å²) in [4.78, 5) is 12.8. The van der Waals surface area contributed by atoms with Crippen molar-refractivity contribution in [3.05, 3.63) is 109 Å². The minimum atomic E-state index is -0.366. The maximum Gasteiger partial charge on any atom is 0.256 e. The van der Waals surface area contributed by atoms with E-state index >= 15 is 0 Å². The molecule has 0 unspecified atom stereocenters. The van der Waals surface area contributed by atoms with Gasteiger partial charge in [-0.3, -0.25) is 9.48 Å². The summed E-state index contributed by atoms with van der Waals surface area (Å²) in [6.45, 7) is 0.518. The van der Waals surface area contributed by atoms with E-state index in [1.54, 1.807) is 65.5 Å². The lowest BCUT2D eigenvalue weighted by Crippen LogP contribution is -2.13. The molecular weight excluding hydrogens is 540 g/mol. The van der Waals surface area contributed by atoms with Crippen molar-refractivity contribution in [1.82, 2.24) is 9.78 Å².